The summed E-state index contributed by atoms with van der Waals surface area (Å²) in [5, 5.41) is 0. The van der Waals surface area contributed by atoms with Gasteiger partial charge in [0.25, 0.3) is 0 Å². The van der Waals surface area contributed by atoms with Gasteiger partial charge in [0, 0.05) is 31.5 Å². The van der Waals surface area contributed by atoms with Crippen molar-refractivity contribution in [3.63, 3.8) is 0 Å². The number of rotatable bonds is 8. The molecule has 0 spiro atoms. The zero-order valence-corrected chi connectivity index (χ0v) is 17.5. The summed E-state index contributed by atoms with van der Waals surface area (Å²) in [6, 6.07) is 16.2. The first-order chi connectivity index (χ1) is 14.0. The molecule has 3 rings (SSSR count). The molecule has 0 atom stereocenters. The monoisotopic (exact) mass is 412 g/mol. The van der Waals surface area contributed by atoms with Crippen molar-refractivity contribution < 1.29 is 17.9 Å². The predicted octanol–water partition coefficient (Wildman–Crippen LogP) is 3.80. The Kier molecular flexibility index (Phi) is 6.51. The summed E-state index contributed by atoms with van der Waals surface area (Å²) in [7, 11) is -0.938. The Balaban J connectivity index is 2.08. The number of ether oxygens (including phenoxy) is 2. The molecular weight excluding hydrogens is 388 g/mol. The van der Waals surface area contributed by atoms with Gasteiger partial charge in [0.15, 0.2) is 0 Å². The van der Waals surface area contributed by atoms with E-state index in [-0.39, 0.29) is 23.7 Å². The van der Waals surface area contributed by atoms with Gasteiger partial charge in [0.05, 0.1) is 14.2 Å². The number of aryl methyl sites for hydroxylation is 1. The van der Waals surface area contributed by atoms with Crippen LogP contribution in [0.15, 0.2) is 71.9 Å². The van der Waals surface area contributed by atoms with Crippen LogP contribution in [-0.2, 0) is 23.1 Å². The van der Waals surface area contributed by atoms with E-state index in [4.69, 9.17) is 9.47 Å². The molecule has 0 fully saturated rings. The Morgan fingerprint density at radius 2 is 1.76 bits per heavy atom. The quantitative estimate of drug-likeness (QED) is 0.563. The first-order valence-corrected chi connectivity index (χ1v) is 10.6. The lowest BCUT2D eigenvalue weighted by molar-refractivity contribution is 0.377. The highest BCUT2D eigenvalue weighted by molar-refractivity contribution is 7.89. The molecule has 0 saturated carbocycles. The Bertz CT molecular complexity index is 1070. The Morgan fingerprint density at radius 3 is 2.41 bits per heavy atom. The number of hydrogen-bond donors (Lipinski definition) is 0. The van der Waals surface area contributed by atoms with Gasteiger partial charge in [-0.3, -0.25) is 4.98 Å². The smallest absolute Gasteiger partial charge is 0.247 e. The van der Waals surface area contributed by atoms with E-state index < -0.39 is 10.0 Å². The Morgan fingerprint density at radius 1 is 0.966 bits per heavy atom. The number of sulfonamides is 1. The van der Waals surface area contributed by atoms with Crippen LogP contribution < -0.4 is 9.47 Å². The highest BCUT2D eigenvalue weighted by Gasteiger charge is 2.29. The van der Waals surface area contributed by atoms with E-state index in [0.29, 0.717) is 5.75 Å². The van der Waals surface area contributed by atoms with Gasteiger partial charge >= 0.3 is 0 Å². The van der Waals surface area contributed by atoms with Crippen LogP contribution in [0, 0.1) is 6.92 Å². The van der Waals surface area contributed by atoms with Gasteiger partial charge in [0.1, 0.15) is 16.4 Å². The lowest BCUT2D eigenvalue weighted by Crippen LogP contribution is -2.31. The molecule has 1 heterocycles. The molecule has 0 bridgehead atoms. The van der Waals surface area contributed by atoms with Gasteiger partial charge in [-0.15, -0.1) is 0 Å². The average molecular weight is 413 g/mol. The van der Waals surface area contributed by atoms with E-state index in [0.717, 1.165) is 16.7 Å². The van der Waals surface area contributed by atoms with Crippen molar-refractivity contribution in [2.45, 2.75) is 24.9 Å². The summed E-state index contributed by atoms with van der Waals surface area (Å²) in [5.41, 5.74) is 2.75. The minimum atomic E-state index is -3.89. The molecule has 6 nitrogen and oxygen atoms in total. The molecule has 152 valence electrons. The lowest BCUT2D eigenvalue weighted by Gasteiger charge is -2.24. The third kappa shape index (κ3) is 4.75. The van der Waals surface area contributed by atoms with Crippen molar-refractivity contribution in [2.24, 2.45) is 0 Å². The van der Waals surface area contributed by atoms with Gasteiger partial charge < -0.3 is 9.47 Å². The highest BCUT2D eigenvalue weighted by Crippen LogP contribution is 2.32. The van der Waals surface area contributed by atoms with E-state index in [9.17, 15) is 8.42 Å². The molecule has 3 aromatic rings. The minimum Gasteiger partial charge on any atom is -0.497 e. The molecule has 0 N–H and O–H groups in total. The first-order valence-electron chi connectivity index (χ1n) is 9.11. The van der Waals surface area contributed by atoms with E-state index in [1.165, 1.54) is 24.6 Å². The van der Waals surface area contributed by atoms with Crippen LogP contribution in [0.25, 0.3) is 0 Å². The van der Waals surface area contributed by atoms with Gasteiger partial charge in [-0.05, 0) is 41.8 Å². The third-order valence-corrected chi connectivity index (χ3v) is 6.49. The fraction of sp³-hybridized carbons (Fsp3) is 0.227. The molecular formula is C22H24N2O4S. The molecule has 1 aromatic heterocycles. The summed E-state index contributed by atoms with van der Waals surface area (Å²) >= 11 is 0. The summed E-state index contributed by atoms with van der Waals surface area (Å²) in [6.07, 6.45) is 3.33. The topological polar surface area (TPSA) is 68.7 Å². The largest absolute Gasteiger partial charge is 0.497 e. The molecule has 0 aliphatic rings. The van der Waals surface area contributed by atoms with Gasteiger partial charge in [-0.25, -0.2) is 8.42 Å². The molecule has 29 heavy (non-hydrogen) atoms. The van der Waals surface area contributed by atoms with Crippen LogP contribution in [0.2, 0.25) is 0 Å². The van der Waals surface area contributed by atoms with Crippen molar-refractivity contribution in [2.75, 3.05) is 14.2 Å². The summed E-state index contributed by atoms with van der Waals surface area (Å²) in [6.45, 7) is 2.38. The van der Waals surface area contributed by atoms with Crippen LogP contribution in [0.4, 0.5) is 0 Å². The molecule has 0 radical (unpaired) electrons. The van der Waals surface area contributed by atoms with Gasteiger partial charge in [-0.2, -0.15) is 4.31 Å². The maximum absolute atomic E-state index is 13.7. The third-order valence-electron chi connectivity index (χ3n) is 4.68. The van der Waals surface area contributed by atoms with Crippen molar-refractivity contribution in [3.8, 4) is 11.5 Å². The fourth-order valence-corrected chi connectivity index (χ4v) is 4.60. The molecule has 7 heteroatoms. The average Bonchev–Trinajstić information content (AvgIpc) is 2.75. The van der Waals surface area contributed by atoms with Crippen LogP contribution in [0.3, 0.4) is 0 Å². The zero-order chi connectivity index (χ0) is 20.9. The zero-order valence-electron chi connectivity index (χ0n) is 16.7. The first kappa shape index (κ1) is 20.8. The van der Waals surface area contributed by atoms with Crippen LogP contribution in [0.5, 0.6) is 11.5 Å². The highest BCUT2D eigenvalue weighted by atomic mass is 32.2. The second-order valence-corrected chi connectivity index (χ2v) is 8.48. The standard InChI is InChI=1S/C22H24N2O4S/c1-17-7-4-5-9-19(17)16-24(15-18-8-6-12-23-14-18)29(25,26)22-13-20(27-2)10-11-21(22)28-3/h4-14H,15-16H2,1-3H3. The van der Waals surface area contributed by atoms with Crippen molar-refractivity contribution in [3.05, 3.63) is 83.7 Å². The number of nitrogens with zero attached hydrogens (tertiary/aromatic N) is 2. The second-order valence-electron chi connectivity index (χ2n) is 6.58. The van der Waals surface area contributed by atoms with Crippen LogP contribution in [-0.4, -0.2) is 31.9 Å². The maximum Gasteiger partial charge on any atom is 0.247 e. The number of benzene rings is 2. The predicted molar refractivity (Wildman–Crippen MR) is 111 cm³/mol. The summed E-state index contributed by atoms with van der Waals surface area (Å²) in [5.74, 6) is 0.716. The number of pyridine rings is 1. The minimum absolute atomic E-state index is 0.0665. The fourth-order valence-electron chi connectivity index (χ4n) is 3.02. The van der Waals surface area contributed by atoms with E-state index >= 15 is 0 Å². The summed E-state index contributed by atoms with van der Waals surface area (Å²) < 4.78 is 39.3. The van der Waals surface area contributed by atoms with Crippen molar-refractivity contribution >= 4 is 10.0 Å². The maximum atomic E-state index is 13.7. The Hall–Kier alpha value is -2.90. The second kappa shape index (κ2) is 9.07. The SMILES string of the molecule is COc1ccc(OC)c(S(=O)(=O)N(Cc2cccnc2)Cc2ccccc2C)c1. The molecule has 2 aromatic carbocycles. The van der Waals surface area contributed by atoms with Crippen molar-refractivity contribution in [1.82, 2.24) is 9.29 Å². The molecule has 0 aliphatic heterocycles. The van der Waals surface area contributed by atoms with E-state index in [1.807, 2.05) is 37.3 Å². The number of methoxy groups -OCH3 is 2. The Labute approximate surface area is 171 Å². The lowest BCUT2D eigenvalue weighted by atomic mass is 10.1. The normalized spacial score (nSPS) is 11.4. The molecule has 0 aliphatic carbocycles. The number of aromatic nitrogens is 1. The molecule has 0 unspecified atom stereocenters. The van der Waals surface area contributed by atoms with Crippen LogP contribution >= 0.6 is 0 Å². The summed E-state index contributed by atoms with van der Waals surface area (Å²) in [4.78, 5) is 4.18. The van der Waals surface area contributed by atoms with Crippen molar-refractivity contribution in [1.29, 1.82) is 0 Å². The molecule has 0 saturated heterocycles. The molecule has 0 amide bonds. The number of hydrogen-bond acceptors (Lipinski definition) is 5. The van der Waals surface area contributed by atoms with Crippen LogP contribution in [0.1, 0.15) is 16.7 Å². The van der Waals surface area contributed by atoms with Gasteiger partial charge in [-0.1, -0.05) is 30.3 Å². The van der Waals surface area contributed by atoms with Gasteiger partial charge in [0.2, 0.25) is 10.0 Å². The van der Waals surface area contributed by atoms with E-state index in [1.54, 1.807) is 30.6 Å². The van der Waals surface area contributed by atoms with E-state index in [2.05, 4.69) is 4.98 Å².